The molecule has 9 heteroatoms. The van der Waals surface area contributed by atoms with Crippen LogP contribution in [0.2, 0.25) is 5.02 Å². The second-order valence-electron chi connectivity index (χ2n) is 3.93. The van der Waals surface area contributed by atoms with Gasteiger partial charge in [-0.1, -0.05) is 18.5 Å². The maximum atomic E-state index is 12.5. The summed E-state index contributed by atoms with van der Waals surface area (Å²) >= 11 is 8.90. The van der Waals surface area contributed by atoms with Gasteiger partial charge in [0.25, 0.3) is 5.56 Å². The van der Waals surface area contributed by atoms with Gasteiger partial charge in [-0.2, -0.15) is 17.9 Å². The number of hydrogen-bond acceptors (Lipinski definition) is 2. The van der Waals surface area contributed by atoms with Crippen molar-refractivity contribution in [1.82, 2.24) is 14.8 Å². The zero-order valence-corrected chi connectivity index (χ0v) is 12.4. The lowest BCUT2D eigenvalue weighted by Crippen LogP contribution is -2.17. The third-order valence-corrected chi connectivity index (χ3v) is 3.71. The van der Waals surface area contributed by atoms with E-state index in [1.54, 1.807) is 0 Å². The molecule has 20 heavy (non-hydrogen) atoms. The minimum Gasteiger partial charge on any atom is -0.292 e. The topological polar surface area (TPSA) is 50.7 Å². The van der Waals surface area contributed by atoms with Crippen LogP contribution < -0.4 is 5.56 Å². The molecule has 2 heterocycles. The first-order valence-corrected chi connectivity index (χ1v) is 6.65. The lowest BCUT2D eigenvalue weighted by molar-refractivity contribution is -0.137. The predicted octanol–water partition coefficient (Wildman–Crippen LogP) is 3.56. The minimum absolute atomic E-state index is 0.0786. The molecule has 1 N–H and O–H groups in total. The van der Waals surface area contributed by atoms with Crippen LogP contribution >= 0.6 is 27.5 Å². The Morgan fingerprint density at radius 1 is 1.50 bits per heavy atom. The summed E-state index contributed by atoms with van der Waals surface area (Å²) in [7, 11) is 0. The molecule has 0 aliphatic carbocycles. The van der Waals surface area contributed by atoms with Crippen molar-refractivity contribution >= 4 is 27.5 Å². The van der Waals surface area contributed by atoms with E-state index in [-0.39, 0.29) is 10.8 Å². The number of nitrogens with one attached hydrogen (secondary N) is 1. The Balaban J connectivity index is 2.58. The number of hydrogen-bond donors (Lipinski definition) is 1. The molecule has 108 valence electrons. The fourth-order valence-corrected chi connectivity index (χ4v) is 2.39. The lowest BCUT2D eigenvalue weighted by Gasteiger charge is -2.09. The van der Waals surface area contributed by atoms with Crippen LogP contribution in [0.5, 0.6) is 0 Å². The van der Waals surface area contributed by atoms with Gasteiger partial charge >= 0.3 is 6.18 Å². The van der Waals surface area contributed by atoms with Crippen molar-refractivity contribution in [2.24, 2.45) is 0 Å². The number of halogens is 5. The van der Waals surface area contributed by atoms with E-state index in [0.717, 1.165) is 10.7 Å². The van der Waals surface area contributed by atoms with E-state index >= 15 is 0 Å². The Morgan fingerprint density at radius 3 is 2.60 bits per heavy atom. The molecule has 0 aliphatic heterocycles. The van der Waals surface area contributed by atoms with Crippen molar-refractivity contribution in [1.29, 1.82) is 0 Å². The van der Waals surface area contributed by atoms with E-state index in [2.05, 4.69) is 26.0 Å². The van der Waals surface area contributed by atoms with Crippen molar-refractivity contribution < 1.29 is 13.2 Å². The molecule has 0 saturated heterocycles. The van der Waals surface area contributed by atoms with E-state index < -0.39 is 17.3 Å². The number of aromatic nitrogens is 3. The normalized spacial score (nSPS) is 11.9. The summed E-state index contributed by atoms with van der Waals surface area (Å²) in [6.45, 7) is 1.82. The molecule has 0 radical (unpaired) electrons. The average Bonchev–Trinajstić information content (AvgIpc) is 2.65. The number of rotatable bonds is 2. The van der Waals surface area contributed by atoms with Crippen molar-refractivity contribution in [3.05, 3.63) is 43.4 Å². The van der Waals surface area contributed by atoms with Crippen molar-refractivity contribution in [2.75, 3.05) is 0 Å². The molecule has 0 saturated carbocycles. The molecule has 2 aromatic rings. The second kappa shape index (κ2) is 5.25. The van der Waals surface area contributed by atoms with E-state index in [1.807, 2.05) is 6.92 Å². The van der Waals surface area contributed by atoms with Crippen LogP contribution in [0.25, 0.3) is 5.82 Å². The zero-order valence-electron chi connectivity index (χ0n) is 10.1. The summed E-state index contributed by atoms with van der Waals surface area (Å²) < 4.78 is 38.9. The van der Waals surface area contributed by atoms with Gasteiger partial charge in [-0.15, -0.1) is 0 Å². The smallest absolute Gasteiger partial charge is 0.292 e. The Labute approximate surface area is 124 Å². The van der Waals surface area contributed by atoms with Crippen LogP contribution in [0.1, 0.15) is 18.2 Å². The maximum Gasteiger partial charge on any atom is 0.417 e. The second-order valence-corrected chi connectivity index (χ2v) is 5.13. The Kier molecular flexibility index (Phi) is 3.97. The number of aryl methyl sites for hydroxylation is 1. The van der Waals surface area contributed by atoms with E-state index in [0.29, 0.717) is 22.8 Å². The largest absolute Gasteiger partial charge is 0.417 e. The van der Waals surface area contributed by atoms with E-state index in [1.165, 1.54) is 0 Å². The van der Waals surface area contributed by atoms with Crippen LogP contribution in [0.15, 0.2) is 21.5 Å². The molecule has 0 unspecified atom stereocenters. The van der Waals surface area contributed by atoms with Crippen LogP contribution in [-0.2, 0) is 12.6 Å². The molecule has 2 aromatic heterocycles. The zero-order chi connectivity index (χ0) is 15.1. The number of aromatic amines is 1. The highest BCUT2D eigenvalue weighted by Crippen LogP contribution is 2.31. The summed E-state index contributed by atoms with van der Waals surface area (Å²) in [5.74, 6) is -0.0786. The number of H-pyrrole nitrogens is 1. The molecular weight excluding hydrogens is 362 g/mol. The Morgan fingerprint density at radius 2 is 2.15 bits per heavy atom. The Bertz CT molecular complexity index is 708. The predicted molar refractivity (Wildman–Crippen MR) is 71.3 cm³/mol. The van der Waals surface area contributed by atoms with Crippen LogP contribution in [0.3, 0.4) is 0 Å². The van der Waals surface area contributed by atoms with Gasteiger partial charge in [-0.3, -0.25) is 9.89 Å². The number of nitrogens with zero attached hydrogens (tertiary/aromatic N) is 2. The summed E-state index contributed by atoms with van der Waals surface area (Å²) in [4.78, 5) is 15.6. The third-order valence-electron chi connectivity index (χ3n) is 2.62. The van der Waals surface area contributed by atoms with Gasteiger partial charge in [-0.05, 0) is 28.4 Å². The molecule has 0 fully saturated rings. The monoisotopic (exact) mass is 369 g/mol. The molecule has 0 amide bonds. The van der Waals surface area contributed by atoms with Gasteiger partial charge in [0.05, 0.1) is 16.3 Å². The highest BCUT2D eigenvalue weighted by Gasteiger charge is 2.32. The SMILES string of the molecule is CCc1[nH]n(-c2ncc(C(F)(F)F)cc2Cl)c(=O)c1Br. The molecule has 4 nitrogen and oxygen atoms in total. The minimum atomic E-state index is -4.54. The number of alkyl halides is 3. The van der Waals surface area contributed by atoms with Gasteiger partial charge in [0, 0.05) is 6.20 Å². The first-order valence-electron chi connectivity index (χ1n) is 5.48. The van der Waals surface area contributed by atoms with Gasteiger partial charge < -0.3 is 0 Å². The van der Waals surface area contributed by atoms with Crippen LogP contribution in [0.4, 0.5) is 13.2 Å². The van der Waals surface area contributed by atoms with Crippen LogP contribution in [0, 0.1) is 0 Å². The first-order chi connectivity index (χ1) is 9.25. The van der Waals surface area contributed by atoms with Crippen molar-refractivity contribution in [2.45, 2.75) is 19.5 Å². The van der Waals surface area contributed by atoms with E-state index in [4.69, 9.17) is 11.6 Å². The lowest BCUT2D eigenvalue weighted by atomic mass is 10.3. The molecule has 0 atom stereocenters. The number of pyridine rings is 1. The van der Waals surface area contributed by atoms with E-state index in [9.17, 15) is 18.0 Å². The highest BCUT2D eigenvalue weighted by atomic mass is 79.9. The summed E-state index contributed by atoms with van der Waals surface area (Å²) in [6, 6.07) is 0.733. The quantitative estimate of drug-likeness (QED) is 0.879. The fraction of sp³-hybridized carbons (Fsp3) is 0.273. The summed E-state index contributed by atoms with van der Waals surface area (Å²) in [6.07, 6.45) is -3.36. The van der Waals surface area contributed by atoms with Crippen molar-refractivity contribution in [3.63, 3.8) is 0 Å². The van der Waals surface area contributed by atoms with Gasteiger partial charge in [0.1, 0.15) is 4.47 Å². The fourth-order valence-electron chi connectivity index (χ4n) is 1.60. The third kappa shape index (κ3) is 2.62. The van der Waals surface area contributed by atoms with Crippen molar-refractivity contribution in [3.8, 4) is 5.82 Å². The highest BCUT2D eigenvalue weighted by molar-refractivity contribution is 9.10. The first kappa shape index (κ1) is 15.1. The standard InChI is InChI=1S/C11H8BrClF3N3O/c1-2-7-8(12)10(20)19(18-7)9-6(13)3-5(4-17-9)11(14,15)16/h3-4,18H,2H2,1H3. The summed E-state index contributed by atoms with van der Waals surface area (Å²) in [5.41, 5.74) is -0.829. The van der Waals surface area contributed by atoms with Gasteiger partial charge in [-0.25, -0.2) is 4.98 Å². The molecule has 0 aromatic carbocycles. The Hall–Kier alpha value is -1.28. The molecule has 0 bridgehead atoms. The average molecular weight is 371 g/mol. The molecule has 0 aliphatic rings. The molecule has 2 rings (SSSR count). The van der Waals surface area contributed by atoms with Gasteiger partial charge in [0.15, 0.2) is 5.82 Å². The summed E-state index contributed by atoms with van der Waals surface area (Å²) in [5, 5.41) is 2.48. The molecule has 0 spiro atoms. The van der Waals surface area contributed by atoms with Gasteiger partial charge in [0.2, 0.25) is 0 Å². The molecular formula is C11H8BrClF3N3O. The van der Waals surface area contributed by atoms with Crippen LogP contribution in [-0.4, -0.2) is 14.8 Å². The maximum absolute atomic E-state index is 12.5.